The number of carbonyl (C=O) groups excluding carboxylic acids is 1. The summed E-state index contributed by atoms with van der Waals surface area (Å²) in [6, 6.07) is 0.395. The molecule has 0 aromatic carbocycles. The summed E-state index contributed by atoms with van der Waals surface area (Å²) in [5.74, 6) is 5.44. The van der Waals surface area contributed by atoms with Crippen LogP contribution < -0.4 is 5.32 Å². The molecule has 4 fully saturated rings. The van der Waals surface area contributed by atoms with Crippen LogP contribution in [0.5, 0.6) is 0 Å². The standard InChI is InChI=1S/C28H49NO/c1-18(2)9-8-10-19(3)20-11-12-21-25-22(13-15-27(20,21)6)28(7)16-14-24(30)29-23(28)17-26(25,4)5/h18-23,25H,8-17H2,1-7H3,(H,29,30)/t19-,20-,21+,22+,23?,25+,27-,28-/m1/s1. The number of amides is 1. The molecule has 0 aromatic heterocycles. The zero-order valence-electron chi connectivity index (χ0n) is 21.0. The van der Waals surface area contributed by atoms with E-state index in [2.05, 4.69) is 53.8 Å². The van der Waals surface area contributed by atoms with Crippen molar-refractivity contribution < 1.29 is 4.79 Å². The van der Waals surface area contributed by atoms with Crippen molar-refractivity contribution in [2.24, 2.45) is 51.8 Å². The average Bonchev–Trinajstić information content (AvgIpc) is 2.99. The third-order valence-corrected chi connectivity index (χ3v) is 11.0. The summed E-state index contributed by atoms with van der Waals surface area (Å²) in [5.41, 5.74) is 1.19. The highest BCUT2D eigenvalue weighted by Gasteiger charge is 2.64. The zero-order chi connectivity index (χ0) is 21.9. The Morgan fingerprint density at radius 2 is 1.63 bits per heavy atom. The van der Waals surface area contributed by atoms with E-state index in [1.807, 2.05) is 0 Å². The third kappa shape index (κ3) is 3.57. The second kappa shape index (κ2) is 7.80. The van der Waals surface area contributed by atoms with E-state index in [-0.39, 0.29) is 0 Å². The molecule has 1 saturated heterocycles. The quantitative estimate of drug-likeness (QED) is 0.504. The van der Waals surface area contributed by atoms with E-state index in [1.165, 1.54) is 51.4 Å². The Balaban J connectivity index is 1.56. The monoisotopic (exact) mass is 415 g/mol. The van der Waals surface area contributed by atoms with Gasteiger partial charge in [0.25, 0.3) is 0 Å². The first-order valence-electron chi connectivity index (χ1n) is 13.3. The van der Waals surface area contributed by atoms with Gasteiger partial charge in [0.05, 0.1) is 0 Å². The molecule has 30 heavy (non-hydrogen) atoms. The maximum absolute atomic E-state index is 12.2. The predicted octanol–water partition coefficient (Wildman–Crippen LogP) is 7.22. The molecule has 4 aliphatic rings. The van der Waals surface area contributed by atoms with Crippen molar-refractivity contribution in [2.75, 3.05) is 0 Å². The van der Waals surface area contributed by atoms with Crippen LogP contribution in [-0.2, 0) is 4.79 Å². The van der Waals surface area contributed by atoms with Crippen LogP contribution in [0.15, 0.2) is 0 Å². The molecule has 1 unspecified atom stereocenters. The van der Waals surface area contributed by atoms with E-state index in [0.717, 1.165) is 48.3 Å². The summed E-state index contributed by atoms with van der Waals surface area (Å²) in [6.07, 6.45) is 13.0. The first-order chi connectivity index (χ1) is 14.0. The van der Waals surface area contributed by atoms with Crippen LogP contribution in [0, 0.1) is 51.8 Å². The Morgan fingerprint density at radius 3 is 2.33 bits per heavy atom. The molecule has 3 aliphatic carbocycles. The van der Waals surface area contributed by atoms with Crippen LogP contribution in [0.25, 0.3) is 0 Å². The highest BCUT2D eigenvalue weighted by molar-refractivity contribution is 5.77. The highest BCUT2D eigenvalue weighted by atomic mass is 16.1. The van der Waals surface area contributed by atoms with E-state index in [0.29, 0.717) is 28.2 Å². The molecule has 1 aliphatic heterocycles. The molecule has 0 spiro atoms. The first kappa shape index (κ1) is 22.7. The van der Waals surface area contributed by atoms with Crippen LogP contribution in [0.2, 0.25) is 0 Å². The van der Waals surface area contributed by atoms with Gasteiger partial charge in [0.15, 0.2) is 0 Å². The normalized spacial score (nSPS) is 46.0. The minimum Gasteiger partial charge on any atom is -0.353 e. The lowest BCUT2D eigenvalue weighted by Gasteiger charge is -2.65. The smallest absolute Gasteiger partial charge is 0.220 e. The second-order valence-corrected chi connectivity index (χ2v) is 13.6. The van der Waals surface area contributed by atoms with Gasteiger partial charge >= 0.3 is 0 Å². The van der Waals surface area contributed by atoms with Crippen molar-refractivity contribution in [1.82, 2.24) is 5.32 Å². The van der Waals surface area contributed by atoms with E-state index >= 15 is 0 Å². The van der Waals surface area contributed by atoms with Gasteiger partial charge in [0.1, 0.15) is 0 Å². The fourth-order valence-electron chi connectivity index (χ4n) is 9.37. The maximum Gasteiger partial charge on any atom is 0.220 e. The van der Waals surface area contributed by atoms with E-state index < -0.39 is 0 Å². The molecule has 1 N–H and O–H groups in total. The molecule has 8 atom stereocenters. The molecule has 172 valence electrons. The SMILES string of the molecule is CC(C)CCC[C@@H](C)[C@H]1CC[C@H]2[C@H]3[C@H](CC[C@]12C)[C@@]1(C)CCC(=O)NC1CC3(C)C. The highest BCUT2D eigenvalue weighted by Crippen LogP contribution is 2.70. The van der Waals surface area contributed by atoms with E-state index in [4.69, 9.17) is 0 Å². The number of rotatable bonds is 5. The van der Waals surface area contributed by atoms with Gasteiger partial charge in [-0.25, -0.2) is 0 Å². The number of hydrogen-bond acceptors (Lipinski definition) is 1. The second-order valence-electron chi connectivity index (χ2n) is 13.6. The number of nitrogens with one attached hydrogen (secondary N) is 1. The fourth-order valence-corrected chi connectivity index (χ4v) is 9.37. The fraction of sp³-hybridized carbons (Fsp3) is 0.964. The van der Waals surface area contributed by atoms with Gasteiger partial charge < -0.3 is 5.32 Å². The summed E-state index contributed by atoms with van der Waals surface area (Å²) in [5, 5.41) is 3.44. The van der Waals surface area contributed by atoms with E-state index in [1.54, 1.807) is 0 Å². The Morgan fingerprint density at radius 1 is 0.933 bits per heavy atom. The molecule has 3 saturated carbocycles. The van der Waals surface area contributed by atoms with Crippen LogP contribution in [-0.4, -0.2) is 11.9 Å². The first-order valence-corrected chi connectivity index (χ1v) is 13.3. The summed E-state index contributed by atoms with van der Waals surface area (Å²) in [7, 11) is 0. The van der Waals surface area contributed by atoms with Crippen molar-refractivity contribution in [3.8, 4) is 0 Å². The van der Waals surface area contributed by atoms with Gasteiger partial charge in [-0.15, -0.1) is 0 Å². The average molecular weight is 416 g/mol. The van der Waals surface area contributed by atoms with Crippen LogP contribution in [0.4, 0.5) is 0 Å². The Labute approximate surface area is 186 Å². The Kier molecular flexibility index (Phi) is 5.89. The van der Waals surface area contributed by atoms with Crippen LogP contribution in [0.3, 0.4) is 0 Å². The molecule has 0 bridgehead atoms. The van der Waals surface area contributed by atoms with Crippen molar-refractivity contribution in [3.63, 3.8) is 0 Å². The molecule has 1 heterocycles. The number of hydrogen-bond donors (Lipinski definition) is 1. The summed E-state index contributed by atoms with van der Waals surface area (Å²) in [4.78, 5) is 12.2. The number of carbonyl (C=O) groups is 1. The minimum atomic E-state index is 0.295. The number of piperidine rings is 1. The Bertz CT molecular complexity index is 653. The van der Waals surface area contributed by atoms with Gasteiger partial charge in [0.2, 0.25) is 5.91 Å². The van der Waals surface area contributed by atoms with Gasteiger partial charge in [-0.1, -0.05) is 67.7 Å². The lowest BCUT2D eigenvalue weighted by Crippen LogP contribution is -2.65. The van der Waals surface area contributed by atoms with Crippen LogP contribution >= 0.6 is 0 Å². The van der Waals surface area contributed by atoms with Crippen molar-refractivity contribution in [2.45, 2.75) is 119 Å². The molecule has 2 heteroatoms. The number of fused-ring (bicyclic) bond motifs is 5. The third-order valence-electron chi connectivity index (χ3n) is 11.0. The molecular formula is C28H49NO. The lowest BCUT2D eigenvalue weighted by atomic mass is 9.41. The summed E-state index contributed by atoms with van der Waals surface area (Å²) >= 11 is 0. The zero-order valence-corrected chi connectivity index (χ0v) is 21.0. The molecule has 4 rings (SSSR count). The Hall–Kier alpha value is -0.530. The van der Waals surface area contributed by atoms with Crippen molar-refractivity contribution in [1.29, 1.82) is 0 Å². The molecule has 2 nitrogen and oxygen atoms in total. The van der Waals surface area contributed by atoms with Gasteiger partial charge in [-0.3, -0.25) is 4.79 Å². The van der Waals surface area contributed by atoms with Gasteiger partial charge in [0, 0.05) is 12.5 Å². The van der Waals surface area contributed by atoms with E-state index in [9.17, 15) is 4.79 Å². The van der Waals surface area contributed by atoms with Crippen LogP contribution in [0.1, 0.15) is 113 Å². The molecule has 0 radical (unpaired) electrons. The summed E-state index contributed by atoms with van der Waals surface area (Å²) < 4.78 is 0. The largest absolute Gasteiger partial charge is 0.353 e. The summed E-state index contributed by atoms with van der Waals surface area (Å²) in [6.45, 7) is 17.6. The van der Waals surface area contributed by atoms with Crippen molar-refractivity contribution in [3.05, 3.63) is 0 Å². The lowest BCUT2D eigenvalue weighted by molar-refractivity contribution is -0.161. The molecule has 1 amide bonds. The van der Waals surface area contributed by atoms with Crippen molar-refractivity contribution >= 4 is 5.91 Å². The van der Waals surface area contributed by atoms with Gasteiger partial charge in [-0.2, -0.15) is 0 Å². The molecule has 0 aromatic rings. The molecular weight excluding hydrogens is 366 g/mol. The topological polar surface area (TPSA) is 29.1 Å². The van der Waals surface area contributed by atoms with Gasteiger partial charge in [-0.05, 0) is 90.3 Å². The predicted molar refractivity (Wildman–Crippen MR) is 126 cm³/mol. The maximum atomic E-state index is 12.2. The minimum absolute atomic E-state index is 0.295.